The van der Waals surface area contributed by atoms with Crippen LogP contribution in [-0.2, 0) is 0 Å². The number of carbonyl (C=O) groups is 1. The Morgan fingerprint density at radius 2 is 1.64 bits per heavy atom. The molecule has 2 aromatic rings. The average Bonchev–Trinajstić information content (AvgIpc) is 2.53. The van der Waals surface area contributed by atoms with E-state index in [1.54, 1.807) is 12.1 Å². The van der Waals surface area contributed by atoms with E-state index in [9.17, 15) is 4.79 Å². The Morgan fingerprint density at radius 1 is 1.05 bits per heavy atom. The average molecular weight is 359 g/mol. The van der Waals surface area contributed by atoms with Crippen molar-refractivity contribution in [1.82, 2.24) is 5.43 Å². The highest BCUT2D eigenvalue weighted by molar-refractivity contribution is 9.10. The zero-order valence-corrected chi connectivity index (χ0v) is 14.4. The normalized spacial score (nSPS) is 11.3. The minimum absolute atomic E-state index is 0.201. The van der Waals surface area contributed by atoms with Crippen LogP contribution in [0.2, 0.25) is 0 Å². The number of benzene rings is 2. The Kier molecular flexibility index (Phi) is 5.90. The van der Waals surface area contributed by atoms with Crippen molar-refractivity contribution in [3.05, 3.63) is 69.7 Å². The lowest BCUT2D eigenvalue weighted by atomic mass is 10.0. The summed E-state index contributed by atoms with van der Waals surface area (Å²) in [6.07, 6.45) is 1.80. The molecule has 1 N–H and O–H groups in total. The zero-order chi connectivity index (χ0) is 15.9. The standard InChI is InChI=1S/C18H19BrN2O/c1-3-4-17(14-7-5-13(2)6-8-14)20-21-18(22)15-9-11-16(19)12-10-15/h5-12H,3-4H2,1-2H3,(H,21,22)/b20-17+. The van der Waals surface area contributed by atoms with Gasteiger partial charge < -0.3 is 0 Å². The summed E-state index contributed by atoms with van der Waals surface area (Å²) in [7, 11) is 0. The number of carbonyl (C=O) groups excluding carboxylic acids is 1. The summed E-state index contributed by atoms with van der Waals surface area (Å²) < 4.78 is 0.943. The largest absolute Gasteiger partial charge is 0.271 e. The van der Waals surface area contributed by atoms with Crippen LogP contribution in [0.25, 0.3) is 0 Å². The monoisotopic (exact) mass is 358 g/mol. The quantitative estimate of drug-likeness (QED) is 0.611. The molecule has 2 rings (SSSR count). The Labute approximate surface area is 139 Å². The molecule has 0 radical (unpaired) electrons. The third-order valence-corrected chi connectivity index (χ3v) is 3.80. The third-order valence-electron chi connectivity index (χ3n) is 3.27. The van der Waals surface area contributed by atoms with E-state index in [0.29, 0.717) is 5.56 Å². The third kappa shape index (κ3) is 4.53. The molecule has 0 spiro atoms. The van der Waals surface area contributed by atoms with Crippen molar-refractivity contribution in [3.63, 3.8) is 0 Å². The van der Waals surface area contributed by atoms with Gasteiger partial charge in [0.05, 0.1) is 5.71 Å². The molecule has 114 valence electrons. The van der Waals surface area contributed by atoms with E-state index in [-0.39, 0.29) is 5.91 Å². The molecule has 2 aromatic carbocycles. The number of rotatable bonds is 5. The molecular weight excluding hydrogens is 340 g/mol. The van der Waals surface area contributed by atoms with Crippen LogP contribution < -0.4 is 5.43 Å². The smallest absolute Gasteiger partial charge is 0.267 e. The van der Waals surface area contributed by atoms with Gasteiger partial charge >= 0.3 is 0 Å². The van der Waals surface area contributed by atoms with E-state index in [4.69, 9.17) is 0 Å². The lowest BCUT2D eigenvalue weighted by Crippen LogP contribution is -2.20. The molecule has 0 aliphatic heterocycles. The Balaban J connectivity index is 2.14. The van der Waals surface area contributed by atoms with Crippen molar-refractivity contribution >= 4 is 27.5 Å². The molecule has 0 atom stereocenters. The summed E-state index contributed by atoms with van der Waals surface area (Å²) in [6.45, 7) is 4.15. The van der Waals surface area contributed by atoms with E-state index in [2.05, 4.69) is 52.4 Å². The van der Waals surface area contributed by atoms with E-state index in [0.717, 1.165) is 28.6 Å². The minimum Gasteiger partial charge on any atom is -0.267 e. The second-order valence-corrected chi connectivity index (χ2v) is 6.04. The van der Waals surface area contributed by atoms with Gasteiger partial charge in [-0.2, -0.15) is 5.10 Å². The van der Waals surface area contributed by atoms with E-state index in [1.807, 2.05) is 24.3 Å². The summed E-state index contributed by atoms with van der Waals surface area (Å²) in [6, 6.07) is 15.4. The van der Waals surface area contributed by atoms with Gasteiger partial charge in [0.2, 0.25) is 0 Å². The SMILES string of the molecule is CCC/C(=N\NC(=O)c1ccc(Br)cc1)c1ccc(C)cc1. The lowest BCUT2D eigenvalue weighted by molar-refractivity contribution is 0.0955. The number of hydrogen-bond acceptors (Lipinski definition) is 2. The molecule has 0 aliphatic carbocycles. The highest BCUT2D eigenvalue weighted by atomic mass is 79.9. The van der Waals surface area contributed by atoms with Crippen LogP contribution >= 0.6 is 15.9 Å². The van der Waals surface area contributed by atoms with E-state index < -0.39 is 0 Å². The van der Waals surface area contributed by atoms with Crippen LogP contribution in [0.15, 0.2) is 58.1 Å². The summed E-state index contributed by atoms with van der Waals surface area (Å²) in [4.78, 5) is 12.1. The topological polar surface area (TPSA) is 41.5 Å². The van der Waals surface area contributed by atoms with Gasteiger partial charge in [-0.05, 0) is 43.2 Å². The summed E-state index contributed by atoms with van der Waals surface area (Å²) in [5.41, 5.74) is 6.39. The van der Waals surface area contributed by atoms with Crippen molar-refractivity contribution in [2.45, 2.75) is 26.7 Å². The molecular formula is C18H19BrN2O. The molecule has 0 saturated heterocycles. The molecule has 4 heteroatoms. The van der Waals surface area contributed by atoms with Gasteiger partial charge in [-0.15, -0.1) is 0 Å². The number of aryl methyl sites for hydroxylation is 1. The Hall–Kier alpha value is -1.94. The number of hydrogen-bond donors (Lipinski definition) is 1. The molecule has 1 amide bonds. The van der Waals surface area contributed by atoms with Gasteiger partial charge in [-0.1, -0.05) is 59.1 Å². The number of halogens is 1. The highest BCUT2D eigenvalue weighted by Crippen LogP contribution is 2.11. The van der Waals surface area contributed by atoms with Crippen molar-refractivity contribution in [2.75, 3.05) is 0 Å². The molecule has 0 bridgehead atoms. The number of hydrazone groups is 1. The fourth-order valence-electron chi connectivity index (χ4n) is 2.03. The Bertz CT molecular complexity index is 660. The summed E-state index contributed by atoms with van der Waals surface area (Å²) in [5, 5.41) is 4.32. The first-order valence-corrected chi connectivity index (χ1v) is 8.09. The number of nitrogens with zero attached hydrogens (tertiary/aromatic N) is 1. The maximum absolute atomic E-state index is 12.1. The predicted molar refractivity (Wildman–Crippen MR) is 94.2 cm³/mol. The van der Waals surface area contributed by atoms with Crippen LogP contribution in [0.1, 0.15) is 41.3 Å². The van der Waals surface area contributed by atoms with Gasteiger partial charge in [-0.3, -0.25) is 4.79 Å². The van der Waals surface area contributed by atoms with Gasteiger partial charge in [0.15, 0.2) is 0 Å². The second-order valence-electron chi connectivity index (χ2n) is 5.12. The minimum atomic E-state index is -0.201. The van der Waals surface area contributed by atoms with Crippen LogP contribution in [0, 0.1) is 6.92 Å². The molecule has 0 saturated carbocycles. The predicted octanol–water partition coefficient (Wildman–Crippen LogP) is 4.69. The number of nitrogens with one attached hydrogen (secondary N) is 1. The maximum Gasteiger partial charge on any atom is 0.271 e. The first kappa shape index (κ1) is 16.4. The first-order valence-electron chi connectivity index (χ1n) is 7.29. The molecule has 0 heterocycles. The highest BCUT2D eigenvalue weighted by Gasteiger charge is 2.06. The molecule has 0 aromatic heterocycles. The zero-order valence-electron chi connectivity index (χ0n) is 12.8. The van der Waals surface area contributed by atoms with Gasteiger partial charge in [0.1, 0.15) is 0 Å². The fourth-order valence-corrected chi connectivity index (χ4v) is 2.30. The van der Waals surface area contributed by atoms with E-state index >= 15 is 0 Å². The molecule has 3 nitrogen and oxygen atoms in total. The Morgan fingerprint density at radius 3 is 2.23 bits per heavy atom. The summed E-state index contributed by atoms with van der Waals surface area (Å²) in [5.74, 6) is -0.201. The van der Waals surface area contributed by atoms with Crippen LogP contribution in [0.5, 0.6) is 0 Å². The van der Waals surface area contributed by atoms with E-state index in [1.165, 1.54) is 5.56 Å². The fraction of sp³-hybridized carbons (Fsp3) is 0.222. The molecule has 0 unspecified atom stereocenters. The van der Waals surface area contributed by atoms with Crippen LogP contribution in [-0.4, -0.2) is 11.6 Å². The van der Waals surface area contributed by atoms with Gasteiger partial charge in [0.25, 0.3) is 5.91 Å². The van der Waals surface area contributed by atoms with Crippen molar-refractivity contribution in [1.29, 1.82) is 0 Å². The first-order chi connectivity index (χ1) is 10.6. The van der Waals surface area contributed by atoms with Gasteiger partial charge in [0, 0.05) is 10.0 Å². The van der Waals surface area contributed by atoms with Crippen LogP contribution in [0.3, 0.4) is 0 Å². The lowest BCUT2D eigenvalue weighted by Gasteiger charge is -2.07. The van der Waals surface area contributed by atoms with Gasteiger partial charge in [-0.25, -0.2) is 5.43 Å². The van der Waals surface area contributed by atoms with Crippen molar-refractivity contribution in [2.24, 2.45) is 5.10 Å². The maximum atomic E-state index is 12.1. The number of amides is 1. The molecule has 22 heavy (non-hydrogen) atoms. The van der Waals surface area contributed by atoms with Crippen molar-refractivity contribution in [3.8, 4) is 0 Å². The molecule has 0 fully saturated rings. The van der Waals surface area contributed by atoms with Crippen molar-refractivity contribution < 1.29 is 4.79 Å². The summed E-state index contributed by atoms with van der Waals surface area (Å²) >= 11 is 3.35. The van der Waals surface area contributed by atoms with Crippen LogP contribution in [0.4, 0.5) is 0 Å². The molecule has 0 aliphatic rings. The second kappa shape index (κ2) is 7.90.